The van der Waals surface area contributed by atoms with Gasteiger partial charge in [0.05, 0.1) is 12.2 Å². The molecular weight excluding hydrogens is 450 g/mol. The second kappa shape index (κ2) is 10.5. The molecule has 0 aliphatic carbocycles. The average molecular weight is 476 g/mol. The Hall–Kier alpha value is -3.36. The number of pyridine rings is 1. The lowest BCUT2D eigenvalue weighted by molar-refractivity contribution is 0.725. The van der Waals surface area contributed by atoms with E-state index >= 15 is 0 Å². The molecule has 0 aliphatic heterocycles. The molecule has 0 aliphatic rings. The monoisotopic (exact) mass is 475 g/mol. The minimum Gasteiger partial charge on any atom is -0.384 e. The van der Waals surface area contributed by atoms with Crippen molar-refractivity contribution in [3.05, 3.63) is 116 Å². The van der Waals surface area contributed by atoms with E-state index in [0.29, 0.717) is 24.2 Å². The number of nitrogens with zero attached hydrogens (tertiary/aromatic N) is 2. The van der Waals surface area contributed by atoms with Crippen molar-refractivity contribution in [2.75, 3.05) is 4.72 Å². The van der Waals surface area contributed by atoms with Gasteiger partial charge < -0.3 is 15.0 Å². The molecule has 8 heteroatoms. The Balaban J connectivity index is 1.42. The van der Waals surface area contributed by atoms with Gasteiger partial charge in [0.2, 0.25) is 0 Å². The predicted molar refractivity (Wildman–Crippen MR) is 138 cm³/mol. The van der Waals surface area contributed by atoms with Gasteiger partial charge in [-0.2, -0.15) is 0 Å². The molecule has 0 atom stereocenters. The number of anilines is 1. The zero-order valence-corrected chi connectivity index (χ0v) is 19.9. The summed E-state index contributed by atoms with van der Waals surface area (Å²) < 4.78 is 4.97. The Kier molecular flexibility index (Phi) is 7.26. The third-order valence-electron chi connectivity index (χ3n) is 5.20. The van der Waals surface area contributed by atoms with Crippen molar-refractivity contribution in [1.29, 1.82) is 5.41 Å². The molecule has 0 saturated heterocycles. The van der Waals surface area contributed by atoms with E-state index in [1.54, 1.807) is 15.9 Å². The first-order chi connectivity index (χ1) is 16.0. The van der Waals surface area contributed by atoms with Crippen molar-refractivity contribution < 1.29 is 0 Å². The van der Waals surface area contributed by atoms with E-state index in [4.69, 9.17) is 16.1 Å². The van der Waals surface area contributed by atoms with Gasteiger partial charge in [0.25, 0.3) is 5.56 Å². The smallest absolute Gasteiger partial charge is 0.275 e. The van der Waals surface area contributed by atoms with Gasteiger partial charge in [0.1, 0.15) is 16.5 Å². The van der Waals surface area contributed by atoms with E-state index in [-0.39, 0.29) is 11.4 Å². The average Bonchev–Trinajstić information content (AvgIpc) is 3.26. The Labute approximate surface area is 201 Å². The molecule has 4 rings (SSSR count). The van der Waals surface area contributed by atoms with Crippen molar-refractivity contribution in [3.8, 4) is 0 Å². The van der Waals surface area contributed by atoms with Crippen LogP contribution in [0.2, 0.25) is 0 Å². The molecule has 168 valence electrons. The van der Waals surface area contributed by atoms with E-state index in [1.807, 2.05) is 66.9 Å². The summed E-state index contributed by atoms with van der Waals surface area (Å²) in [5.41, 5.74) is 10.9. The van der Waals surface area contributed by atoms with E-state index in [9.17, 15) is 4.79 Å². The third-order valence-corrected chi connectivity index (χ3v) is 6.92. The maximum Gasteiger partial charge on any atom is 0.275 e. The van der Waals surface area contributed by atoms with Gasteiger partial charge in [-0.3, -0.25) is 10.2 Å². The number of hydrogen-bond donors (Lipinski definition) is 3. The molecule has 0 unspecified atom stereocenters. The highest BCUT2D eigenvalue weighted by atomic mass is 32.2. The first-order valence-electron chi connectivity index (χ1n) is 10.5. The first kappa shape index (κ1) is 22.8. The van der Waals surface area contributed by atoms with Gasteiger partial charge in [-0.15, -0.1) is 11.3 Å². The molecule has 0 fully saturated rings. The summed E-state index contributed by atoms with van der Waals surface area (Å²) in [7, 11) is 0. The molecule has 0 saturated carbocycles. The molecule has 4 N–H and O–H groups in total. The number of amidine groups is 1. The number of rotatable bonds is 9. The van der Waals surface area contributed by atoms with Crippen LogP contribution < -0.4 is 16.0 Å². The van der Waals surface area contributed by atoms with Crippen molar-refractivity contribution in [2.45, 2.75) is 25.6 Å². The Morgan fingerprint density at radius 1 is 1.09 bits per heavy atom. The fourth-order valence-corrected chi connectivity index (χ4v) is 4.89. The van der Waals surface area contributed by atoms with Crippen molar-refractivity contribution in [3.63, 3.8) is 0 Å². The van der Waals surface area contributed by atoms with Crippen LogP contribution in [0.25, 0.3) is 0 Å². The van der Waals surface area contributed by atoms with Crippen molar-refractivity contribution in [1.82, 2.24) is 9.55 Å². The summed E-state index contributed by atoms with van der Waals surface area (Å²) >= 11 is 3.06. The number of aromatic nitrogens is 2. The summed E-state index contributed by atoms with van der Waals surface area (Å²) in [6, 6.07) is 21.6. The molecule has 4 aromatic rings. The summed E-state index contributed by atoms with van der Waals surface area (Å²) in [6.45, 7) is 2.38. The highest BCUT2D eigenvalue weighted by Crippen LogP contribution is 2.18. The molecule has 0 radical (unpaired) electrons. The number of nitrogen functional groups attached to an aromatic ring is 1. The number of aryl methyl sites for hydroxylation is 1. The first-order valence-corrected chi connectivity index (χ1v) is 12.3. The van der Waals surface area contributed by atoms with Crippen LogP contribution in [-0.2, 0) is 18.7 Å². The lowest BCUT2D eigenvalue weighted by Crippen LogP contribution is -2.24. The van der Waals surface area contributed by atoms with Gasteiger partial charge in [-0.05, 0) is 42.1 Å². The van der Waals surface area contributed by atoms with Gasteiger partial charge >= 0.3 is 0 Å². The molecule has 33 heavy (non-hydrogen) atoms. The zero-order chi connectivity index (χ0) is 23.2. The van der Waals surface area contributed by atoms with Crippen LogP contribution in [0, 0.1) is 12.3 Å². The number of thiazole rings is 1. The standard InChI is InChI=1S/C25H25N5OS2/c1-17-7-12-22(29-33-15-19-5-3-2-4-6-19)25(31)30(17)14-23-28-21(16-32-23)13-18-8-10-20(11-9-18)24(26)27/h2-12,16,29H,13-15H2,1H3,(H3,26,27). The lowest BCUT2D eigenvalue weighted by Gasteiger charge is -2.11. The predicted octanol–water partition coefficient (Wildman–Crippen LogP) is 4.80. The number of hydrogen-bond acceptors (Lipinski definition) is 6. The maximum absolute atomic E-state index is 13.1. The highest BCUT2D eigenvalue weighted by molar-refractivity contribution is 7.99. The van der Waals surface area contributed by atoms with E-state index < -0.39 is 0 Å². The Morgan fingerprint density at radius 2 is 1.85 bits per heavy atom. The van der Waals surface area contributed by atoms with Gasteiger partial charge in [0, 0.05) is 28.8 Å². The molecule has 2 aromatic carbocycles. The SMILES string of the molecule is Cc1ccc(NSCc2ccccc2)c(=O)n1Cc1nc(Cc2ccc(C(=N)N)cc2)cs1. The fraction of sp³-hybridized carbons (Fsp3) is 0.160. The number of benzene rings is 2. The second-order valence-electron chi connectivity index (χ2n) is 7.68. The quantitative estimate of drug-likeness (QED) is 0.184. The van der Waals surface area contributed by atoms with Crippen LogP contribution in [0.3, 0.4) is 0 Å². The van der Waals surface area contributed by atoms with Gasteiger partial charge in [-0.25, -0.2) is 4.98 Å². The third kappa shape index (κ3) is 5.91. The van der Waals surface area contributed by atoms with E-state index in [1.165, 1.54) is 17.5 Å². The normalized spacial score (nSPS) is 10.8. The molecule has 2 aromatic heterocycles. The fourth-order valence-electron chi connectivity index (χ4n) is 3.37. The topological polar surface area (TPSA) is 96.8 Å². The minimum absolute atomic E-state index is 0.0490. The van der Waals surface area contributed by atoms with Crippen LogP contribution in [0.15, 0.2) is 76.9 Å². The van der Waals surface area contributed by atoms with Crippen molar-refractivity contribution in [2.24, 2.45) is 5.73 Å². The summed E-state index contributed by atoms with van der Waals surface area (Å²) in [4.78, 5) is 17.8. The Bertz CT molecular complexity index is 1300. The summed E-state index contributed by atoms with van der Waals surface area (Å²) in [6.07, 6.45) is 0.695. The van der Waals surface area contributed by atoms with Crippen LogP contribution in [0.1, 0.15) is 33.1 Å². The molecule has 6 nitrogen and oxygen atoms in total. The second-order valence-corrected chi connectivity index (χ2v) is 9.40. The van der Waals surface area contributed by atoms with E-state index in [0.717, 1.165) is 27.7 Å². The van der Waals surface area contributed by atoms with Crippen LogP contribution in [-0.4, -0.2) is 15.4 Å². The van der Waals surface area contributed by atoms with Crippen molar-refractivity contribution >= 4 is 34.8 Å². The van der Waals surface area contributed by atoms with Crippen LogP contribution in [0.5, 0.6) is 0 Å². The van der Waals surface area contributed by atoms with Crippen LogP contribution >= 0.6 is 23.3 Å². The summed E-state index contributed by atoms with van der Waals surface area (Å²) in [5.74, 6) is 0.839. The summed E-state index contributed by atoms with van der Waals surface area (Å²) in [5, 5.41) is 10.4. The van der Waals surface area contributed by atoms with Gasteiger partial charge in [0.15, 0.2) is 0 Å². The van der Waals surface area contributed by atoms with Crippen LogP contribution in [0.4, 0.5) is 5.69 Å². The largest absolute Gasteiger partial charge is 0.384 e. The zero-order valence-electron chi connectivity index (χ0n) is 18.2. The molecular formula is C25H25N5OS2. The number of nitrogens with one attached hydrogen (secondary N) is 2. The van der Waals surface area contributed by atoms with Gasteiger partial charge in [-0.1, -0.05) is 54.6 Å². The highest BCUT2D eigenvalue weighted by Gasteiger charge is 2.10. The minimum atomic E-state index is -0.0490. The van der Waals surface area contributed by atoms with E-state index in [2.05, 4.69) is 16.9 Å². The molecule has 0 bridgehead atoms. The molecule has 0 amide bonds. The molecule has 0 spiro atoms. The lowest BCUT2D eigenvalue weighted by atomic mass is 10.1. The molecule has 2 heterocycles. The maximum atomic E-state index is 13.1. The number of nitrogens with two attached hydrogens (primary N) is 1. The Morgan fingerprint density at radius 3 is 2.58 bits per heavy atom.